The molecule has 0 aliphatic carbocycles. The smallest absolute Gasteiger partial charge is 0.251 e. The fraction of sp³-hybridized carbons (Fsp3) is 0.269. The second-order valence-electron chi connectivity index (χ2n) is 8.54. The van der Waals surface area contributed by atoms with Crippen molar-refractivity contribution in [1.82, 2.24) is 5.32 Å². The summed E-state index contributed by atoms with van der Waals surface area (Å²) in [5.41, 5.74) is 3.24. The standard InChI is InChI=1S/C26H26ClNO3/c1-17-11-12-24-21(13-17)23(15-26(2,3)31-24)28-25(29)18-8-6-9-20(14-18)30-16-19-7-4-5-10-22(19)27/h4-14,23H,15-16H2,1-3H3,(H,28,29)/t23-/m0/s1. The van der Waals surface area contributed by atoms with E-state index in [2.05, 4.69) is 11.4 Å². The van der Waals surface area contributed by atoms with Gasteiger partial charge in [0.15, 0.2) is 0 Å². The van der Waals surface area contributed by atoms with Gasteiger partial charge in [0.1, 0.15) is 23.7 Å². The summed E-state index contributed by atoms with van der Waals surface area (Å²) >= 11 is 6.20. The van der Waals surface area contributed by atoms with Crippen molar-refractivity contribution < 1.29 is 14.3 Å². The van der Waals surface area contributed by atoms with Crippen LogP contribution in [0, 0.1) is 6.92 Å². The minimum absolute atomic E-state index is 0.126. The number of rotatable bonds is 5. The molecule has 0 fully saturated rings. The molecule has 1 aliphatic rings. The highest BCUT2D eigenvalue weighted by Crippen LogP contribution is 2.40. The lowest BCUT2D eigenvalue weighted by Gasteiger charge is -2.38. The minimum atomic E-state index is -0.361. The first-order valence-electron chi connectivity index (χ1n) is 10.4. The van der Waals surface area contributed by atoms with Gasteiger partial charge in [0.2, 0.25) is 0 Å². The van der Waals surface area contributed by atoms with E-state index in [1.54, 1.807) is 12.1 Å². The van der Waals surface area contributed by atoms with Gasteiger partial charge in [-0.05, 0) is 51.1 Å². The molecule has 1 N–H and O–H groups in total. The molecule has 160 valence electrons. The van der Waals surface area contributed by atoms with E-state index >= 15 is 0 Å². The van der Waals surface area contributed by atoms with Crippen LogP contribution >= 0.6 is 11.6 Å². The summed E-state index contributed by atoms with van der Waals surface area (Å²) in [5.74, 6) is 1.30. The molecule has 0 saturated heterocycles. The lowest BCUT2D eigenvalue weighted by atomic mass is 9.88. The van der Waals surface area contributed by atoms with E-state index in [-0.39, 0.29) is 17.6 Å². The van der Waals surface area contributed by atoms with Crippen LogP contribution in [0.1, 0.15) is 53.4 Å². The third kappa shape index (κ3) is 5.02. The molecule has 0 bridgehead atoms. The average molecular weight is 436 g/mol. The van der Waals surface area contributed by atoms with E-state index in [9.17, 15) is 4.79 Å². The lowest BCUT2D eigenvalue weighted by Crippen LogP contribution is -2.41. The predicted octanol–water partition coefficient (Wildman–Crippen LogP) is 6.26. The van der Waals surface area contributed by atoms with Crippen LogP contribution in [0.15, 0.2) is 66.7 Å². The van der Waals surface area contributed by atoms with E-state index < -0.39 is 0 Å². The number of carbonyl (C=O) groups is 1. The van der Waals surface area contributed by atoms with Gasteiger partial charge >= 0.3 is 0 Å². The third-order valence-corrected chi connectivity index (χ3v) is 5.75. The molecular formula is C26H26ClNO3. The van der Waals surface area contributed by atoms with Crippen LogP contribution in [-0.2, 0) is 6.61 Å². The first-order chi connectivity index (χ1) is 14.8. The van der Waals surface area contributed by atoms with Crippen LogP contribution in [0.25, 0.3) is 0 Å². The maximum atomic E-state index is 13.1. The molecule has 3 aromatic carbocycles. The number of halogens is 1. The molecule has 5 heteroatoms. The molecule has 1 amide bonds. The normalized spacial score (nSPS) is 16.7. The molecule has 31 heavy (non-hydrogen) atoms. The van der Waals surface area contributed by atoms with Crippen molar-refractivity contribution in [1.29, 1.82) is 0 Å². The maximum absolute atomic E-state index is 13.1. The van der Waals surface area contributed by atoms with Crippen LogP contribution in [0.3, 0.4) is 0 Å². The predicted molar refractivity (Wildman–Crippen MR) is 123 cm³/mol. The second kappa shape index (κ2) is 8.64. The Labute approximate surface area is 188 Å². The van der Waals surface area contributed by atoms with Crippen molar-refractivity contribution in [3.05, 3.63) is 94.0 Å². The van der Waals surface area contributed by atoms with Gasteiger partial charge in [-0.3, -0.25) is 4.79 Å². The molecule has 0 unspecified atom stereocenters. The van der Waals surface area contributed by atoms with Crippen molar-refractivity contribution in [3.8, 4) is 11.5 Å². The van der Waals surface area contributed by atoms with E-state index in [4.69, 9.17) is 21.1 Å². The molecule has 1 atom stereocenters. The molecule has 1 heterocycles. The Kier molecular flexibility index (Phi) is 5.92. The molecule has 3 aromatic rings. The highest BCUT2D eigenvalue weighted by Gasteiger charge is 2.34. The number of ether oxygens (including phenoxy) is 2. The fourth-order valence-electron chi connectivity index (χ4n) is 3.85. The minimum Gasteiger partial charge on any atom is -0.489 e. The molecule has 1 aliphatic heterocycles. The van der Waals surface area contributed by atoms with Crippen molar-refractivity contribution in [3.63, 3.8) is 0 Å². The van der Waals surface area contributed by atoms with Crippen LogP contribution in [0.5, 0.6) is 11.5 Å². The van der Waals surface area contributed by atoms with Crippen LogP contribution in [-0.4, -0.2) is 11.5 Å². The Morgan fingerprint density at radius 1 is 1.13 bits per heavy atom. The van der Waals surface area contributed by atoms with Crippen molar-refractivity contribution in [2.75, 3.05) is 0 Å². The molecule has 0 spiro atoms. The zero-order chi connectivity index (χ0) is 22.0. The Morgan fingerprint density at radius 2 is 1.94 bits per heavy atom. The Balaban J connectivity index is 1.50. The molecule has 0 radical (unpaired) electrons. The van der Waals surface area contributed by atoms with E-state index in [0.717, 1.165) is 22.4 Å². The molecule has 4 nitrogen and oxygen atoms in total. The Morgan fingerprint density at radius 3 is 2.74 bits per heavy atom. The molecular weight excluding hydrogens is 410 g/mol. The highest BCUT2D eigenvalue weighted by molar-refractivity contribution is 6.31. The summed E-state index contributed by atoms with van der Waals surface area (Å²) in [5, 5.41) is 3.85. The average Bonchev–Trinajstić information content (AvgIpc) is 2.73. The van der Waals surface area contributed by atoms with Crippen molar-refractivity contribution in [2.45, 2.75) is 45.4 Å². The van der Waals surface area contributed by atoms with Crippen LogP contribution in [0.4, 0.5) is 0 Å². The van der Waals surface area contributed by atoms with E-state index in [1.165, 1.54) is 0 Å². The number of amides is 1. The zero-order valence-electron chi connectivity index (χ0n) is 17.9. The Bertz CT molecular complexity index is 1110. The van der Waals surface area contributed by atoms with Gasteiger partial charge in [-0.2, -0.15) is 0 Å². The molecule has 0 aromatic heterocycles. The summed E-state index contributed by atoms with van der Waals surface area (Å²) in [6.07, 6.45) is 0.692. The topological polar surface area (TPSA) is 47.6 Å². The monoisotopic (exact) mass is 435 g/mol. The summed E-state index contributed by atoms with van der Waals surface area (Å²) < 4.78 is 12.0. The van der Waals surface area contributed by atoms with Gasteiger partial charge < -0.3 is 14.8 Å². The number of nitrogens with one attached hydrogen (secondary N) is 1. The van der Waals surface area contributed by atoms with Gasteiger partial charge in [-0.1, -0.05) is 53.6 Å². The first kappa shape index (κ1) is 21.3. The third-order valence-electron chi connectivity index (χ3n) is 5.38. The van der Waals surface area contributed by atoms with Gasteiger partial charge in [-0.15, -0.1) is 0 Å². The van der Waals surface area contributed by atoms with Gasteiger partial charge in [0.25, 0.3) is 5.91 Å². The number of hydrogen-bond donors (Lipinski definition) is 1. The van der Waals surface area contributed by atoms with Crippen molar-refractivity contribution >= 4 is 17.5 Å². The Hall–Kier alpha value is -2.98. The molecule has 4 rings (SSSR count). The summed E-state index contributed by atoms with van der Waals surface area (Å²) in [6.45, 7) is 6.46. The zero-order valence-corrected chi connectivity index (χ0v) is 18.7. The fourth-order valence-corrected chi connectivity index (χ4v) is 4.04. The van der Waals surface area contributed by atoms with E-state index in [1.807, 2.05) is 69.3 Å². The van der Waals surface area contributed by atoms with E-state index in [0.29, 0.717) is 29.4 Å². The van der Waals surface area contributed by atoms with Gasteiger partial charge in [0.05, 0.1) is 6.04 Å². The first-order valence-corrected chi connectivity index (χ1v) is 10.8. The number of fused-ring (bicyclic) bond motifs is 1. The number of hydrogen-bond acceptors (Lipinski definition) is 3. The number of carbonyl (C=O) groups excluding carboxylic acids is 1. The maximum Gasteiger partial charge on any atom is 0.251 e. The number of aryl methyl sites for hydroxylation is 1. The SMILES string of the molecule is Cc1ccc2c(c1)[C@@H](NC(=O)c1cccc(OCc3ccccc3Cl)c1)CC(C)(C)O2. The molecule has 0 saturated carbocycles. The van der Waals surface area contributed by atoms with Crippen LogP contribution < -0.4 is 14.8 Å². The van der Waals surface area contributed by atoms with Crippen LogP contribution in [0.2, 0.25) is 5.02 Å². The largest absolute Gasteiger partial charge is 0.489 e. The second-order valence-corrected chi connectivity index (χ2v) is 8.95. The van der Waals surface area contributed by atoms with Crippen molar-refractivity contribution in [2.24, 2.45) is 0 Å². The van der Waals surface area contributed by atoms with Gasteiger partial charge in [-0.25, -0.2) is 0 Å². The summed E-state index contributed by atoms with van der Waals surface area (Å²) in [6, 6.07) is 20.7. The van der Waals surface area contributed by atoms with Gasteiger partial charge in [0, 0.05) is 28.1 Å². The lowest BCUT2D eigenvalue weighted by molar-refractivity contribution is 0.0619. The number of benzene rings is 3. The summed E-state index contributed by atoms with van der Waals surface area (Å²) in [4.78, 5) is 13.1. The quantitative estimate of drug-likeness (QED) is 0.514. The highest BCUT2D eigenvalue weighted by atomic mass is 35.5. The summed E-state index contributed by atoms with van der Waals surface area (Å²) in [7, 11) is 0.